The third kappa shape index (κ3) is 5.25. The molecule has 8 heteroatoms. The molecule has 184 valence electrons. The molecule has 0 spiro atoms. The lowest BCUT2D eigenvalue weighted by atomic mass is 9.88. The molecule has 0 saturated heterocycles. The maximum absolute atomic E-state index is 13.5. The molecular weight excluding hydrogens is 468 g/mol. The molecule has 0 fully saturated rings. The molecule has 1 heterocycles. The first-order valence-corrected chi connectivity index (χ1v) is 11.6. The lowest BCUT2D eigenvalue weighted by Crippen LogP contribution is -2.43. The molecule has 35 heavy (non-hydrogen) atoms. The van der Waals surface area contributed by atoms with Crippen LogP contribution in [0, 0.1) is 0 Å². The van der Waals surface area contributed by atoms with Crippen LogP contribution in [0.2, 0.25) is 5.02 Å². The number of amides is 2. The van der Waals surface area contributed by atoms with Gasteiger partial charge in [0.2, 0.25) is 0 Å². The number of hydrogen-bond acceptors (Lipinski definition) is 5. The van der Waals surface area contributed by atoms with Gasteiger partial charge in [-0.3, -0.25) is 0 Å². The molecule has 0 radical (unpaired) electrons. The number of urea groups is 1. The van der Waals surface area contributed by atoms with E-state index in [-0.39, 0.29) is 12.1 Å². The molecule has 1 aliphatic heterocycles. The number of hydrogen-bond donors (Lipinski definition) is 1. The van der Waals surface area contributed by atoms with Gasteiger partial charge in [0.1, 0.15) is 0 Å². The van der Waals surface area contributed by atoms with Crippen molar-refractivity contribution < 1.29 is 23.7 Å². The van der Waals surface area contributed by atoms with Crippen LogP contribution in [0.4, 0.5) is 10.5 Å². The minimum absolute atomic E-state index is 0.196. The lowest BCUT2D eigenvalue weighted by Gasteiger charge is -2.38. The van der Waals surface area contributed by atoms with Crippen molar-refractivity contribution in [3.05, 3.63) is 76.3 Å². The Morgan fingerprint density at radius 1 is 0.914 bits per heavy atom. The third-order valence-electron chi connectivity index (χ3n) is 6.22. The fourth-order valence-corrected chi connectivity index (χ4v) is 4.67. The Morgan fingerprint density at radius 3 is 2.29 bits per heavy atom. The summed E-state index contributed by atoms with van der Waals surface area (Å²) in [6.07, 6.45) is 1.27. The maximum atomic E-state index is 13.5. The Kier molecular flexibility index (Phi) is 7.56. The Bertz CT molecular complexity index is 1220. The summed E-state index contributed by atoms with van der Waals surface area (Å²) in [5.74, 6) is 2.60. The average molecular weight is 497 g/mol. The first-order valence-electron chi connectivity index (χ1n) is 11.3. The SMILES string of the molecule is COc1ccc(CC2c3cc(OC)c(OC)cc3CCN2C(=O)Nc2cccc(Cl)c2)cc1OC. The second-order valence-electron chi connectivity index (χ2n) is 8.20. The van der Waals surface area contributed by atoms with Crippen molar-refractivity contribution >= 4 is 23.3 Å². The maximum Gasteiger partial charge on any atom is 0.322 e. The molecule has 0 aromatic heterocycles. The van der Waals surface area contributed by atoms with E-state index < -0.39 is 0 Å². The van der Waals surface area contributed by atoms with Crippen LogP contribution in [-0.4, -0.2) is 45.9 Å². The van der Waals surface area contributed by atoms with E-state index in [1.165, 1.54) is 0 Å². The lowest BCUT2D eigenvalue weighted by molar-refractivity contribution is 0.181. The van der Waals surface area contributed by atoms with Crippen LogP contribution in [0.1, 0.15) is 22.7 Å². The Balaban J connectivity index is 1.72. The van der Waals surface area contributed by atoms with Crippen LogP contribution in [0.25, 0.3) is 0 Å². The van der Waals surface area contributed by atoms with E-state index in [0.717, 1.165) is 16.7 Å². The summed E-state index contributed by atoms with van der Waals surface area (Å²) in [4.78, 5) is 15.3. The van der Waals surface area contributed by atoms with Gasteiger partial charge in [0, 0.05) is 17.3 Å². The van der Waals surface area contributed by atoms with Crippen molar-refractivity contribution in [3.63, 3.8) is 0 Å². The minimum Gasteiger partial charge on any atom is -0.493 e. The molecule has 0 saturated carbocycles. The van der Waals surface area contributed by atoms with Crippen molar-refractivity contribution in [2.75, 3.05) is 40.3 Å². The number of carbonyl (C=O) groups excluding carboxylic acids is 1. The van der Waals surface area contributed by atoms with Crippen LogP contribution in [-0.2, 0) is 12.8 Å². The number of halogens is 1. The molecule has 4 rings (SSSR count). The minimum atomic E-state index is -0.240. The summed E-state index contributed by atoms with van der Waals surface area (Å²) in [7, 11) is 6.45. The highest BCUT2D eigenvalue weighted by Gasteiger charge is 2.32. The fraction of sp³-hybridized carbons (Fsp3) is 0.296. The smallest absolute Gasteiger partial charge is 0.322 e. The highest BCUT2D eigenvalue weighted by atomic mass is 35.5. The zero-order valence-corrected chi connectivity index (χ0v) is 21.0. The number of anilines is 1. The Labute approximate surface area is 210 Å². The molecule has 3 aromatic carbocycles. The molecule has 1 unspecified atom stereocenters. The quantitative estimate of drug-likeness (QED) is 0.451. The Morgan fingerprint density at radius 2 is 1.60 bits per heavy atom. The van der Waals surface area contributed by atoms with E-state index in [9.17, 15) is 4.79 Å². The summed E-state index contributed by atoms with van der Waals surface area (Å²) in [5.41, 5.74) is 3.80. The first kappa shape index (κ1) is 24.5. The van der Waals surface area contributed by atoms with E-state index in [1.54, 1.807) is 40.6 Å². The molecule has 2 amide bonds. The summed E-state index contributed by atoms with van der Waals surface area (Å²) in [6.45, 7) is 0.548. The first-order chi connectivity index (χ1) is 17.0. The largest absolute Gasteiger partial charge is 0.493 e. The summed E-state index contributed by atoms with van der Waals surface area (Å²) < 4.78 is 22.0. The standard InChI is InChI=1S/C27H29ClN2O5/c1-32-23-9-8-17(13-24(23)33-2)12-22-21-16-26(35-4)25(34-3)14-18(21)10-11-30(22)27(31)29-20-7-5-6-19(28)15-20/h5-9,13-16,22H,10-12H2,1-4H3,(H,29,31). The number of benzene rings is 3. The normalized spacial score (nSPS) is 14.7. The number of fused-ring (bicyclic) bond motifs is 1. The highest BCUT2D eigenvalue weighted by molar-refractivity contribution is 6.30. The molecular formula is C27H29ClN2O5. The van der Waals surface area contributed by atoms with Crippen molar-refractivity contribution in [2.45, 2.75) is 18.9 Å². The van der Waals surface area contributed by atoms with Crippen molar-refractivity contribution in [1.82, 2.24) is 4.90 Å². The molecule has 1 aliphatic rings. The van der Waals surface area contributed by atoms with Crippen LogP contribution in [0.3, 0.4) is 0 Å². The second kappa shape index (κ2) is 10.8. The van der Waals surface area contributed by atoms with Gasteiger partial charge in [-0.2, -0.15) is 0 Å². The molecule has 1 atom stereocenters. The number of methoxy groups -OCH3 is 4. The van der Waals surface area contributed by atoms with Crippen molar-refractivity contribution in [2.24, 2.45) is 0 Å². The molecule has 3 aromatic rings. The van der Waals surface area contributed by atoms with Crippen LogP contribution >= 0.6 is 11.6 Å². The van der Waals surface area contributed by atoms with E-state index >= 15 is 0 Å². The van der Waals surface area contributed by atoms with Crippen LogP contribution < -0.4 is 24.3 Å². The van der Waals surface area contributed by atoms with Gasteiger partial charge in [-0.15, -0.1) is 0 Å². The van der Waals surface area contributed by atoms with Crippen molar-refractivity contribution in [1.29, 1.82) is 0 Å². The van der Waals surface area contributed by atoms with Gasteiger partial charge >= 0.3 is 6.03 Å². The third-order valence-corrected chi connectivity index (χ3v) is 6.45. The van der Waals surface area contributed by atoms with Gasteiger partial charge in [-0.05, 0) is 72.0 Å². The monoisotopic (exact) mass is 496 g/mol. The zero-order valence-electron chi connectivity index (χ0n) is 20.3. The van der Waals surface area contributed by atoms with Gasteiger partial charge in [0.25, 0.3) is 0 Å². The van der Waals surface area contributed by atoms with E-state index in [1.807, 2.05) is 47.4 Å². The fourth-order valence-electron chi connectivity index (χ4n) is 4.48. The summed E-state index contributed by atoms with van der Waals surface area (Å²) in [5, 5.41) is 3.55. The van der Waals surface area contributed by atoms with Gasteiger partial charge in [-0.25, -0.2) is 4.79 Å². The zero-order chi connectivity index (χ0) is 24.9. The predicted octanol–water partition coefficient (Wildman–Crippen LogP) is 5.75. The average Bonchev–Trinajstić information content (AvgIpc) is 2.87. The predicted molar refractivity (Wildman–Crippen MR) is 136 cm³/mol. The number of rotatable bonds is 7. The van der Waals surface area contributed by atoms with Gasteiger partial charge < -0.3 is 29.2 Å². The number of carbonyl (C=O) groups is 1. The molecule has 1 N–H and O–H groups in total. The van der Waals surface area contributed by atoms with Crippen LogP contribution in [0.15, 0.2) is 54.6 Å². The van der Waals surface area contributed by atoms with E-state index in [0.29, 0.717) is 53.1 Å². The number of nitrogens with zero attached hydrogens (tertiary/aromatic N) is 1. The number of ether oxygens (including phenoxy) is 4. The summed E-state index contributed by atoms with van der Waals surface area (Å²) in [6, 6.07) is 16.5. The van der Waals surface area contributed by atoms with Crippen LogP contribution in [0.5, 0.6) is 23.0 Å². The molecule has 0 aliphatic carbocycles. The van der Waals surface area contributed by atoms with Gasteiger partial charge in [0.15, 0.2) is 23.0 Å². The van der Waals surface area contributed by atoms with Crippen molar-refractivity contribution in [3.8, 4) is 23.0 Å². The highest BCUT2D eigenvalue weighted by Crippen LogP contribution is 2.40. The number of nitrogens with one attached hydrogen (secondary N) is 1. The second-order valence-corrected chi connectivity index (χ2v) is 8.64. The molecule has 7 nitrogen and oxygen atoms in total. The molecule has 0 bridgehead atoms. The Hall–Kier alpha value is -3.58. The summed E-state index contributed by atoms with van der Waals surface area (Å²) >= 11 is 6.12. The van der Waals surface area contributed by atoms with Gasteiger partial charge in [-0.1, -0.05) is 23.7 Å². The van der Waals surface area contributed by atoms with Gasteiger partial charge in [0.05, 0.1) is 34.5 Å². The topological polar surface area (TPSA) is 69.3 Å². The van der Waals surface area contributed by atoms with E-state index in [4.69, 9.17) is 30.5 Å². The van der Waals surface area contributed by atoms with E-state index in [2.05, 4.69) is 5.32 Å².